The predicted octanol–water partition coefficient (Wildman–Crippen LogP) is 0.898. The summed E-state index contributed by atoms with van der Waals surface area (Å²) in [6.07, 6.45) is -1.27. The smallest absolute Gasteiger partial charge is 0.414 e. The number of alkyl carbamates (subject to hydrolysis) is 1. The molecule has 27 heavy (non-hydrogen) atoms. The number of aromatic hydroxyl groups is 1. The minimum Gasteiger partial charge on any atom is -0.507 e. The number of ether oxygens (including phenoxy) is 2. The van der Waals surface area contributed by atoms with E-state index < -0.39 is 44.2 Å². The van der Waals surface area contributed by atoms with Crippen molar-refractivity contribution in [1.82, 2.24) is 10.0 Å². The van der Waals surface area contributed by atoms with Crippen molar-refractivity contribution in [2.45, 2.75) is 37.7 Å². The van der Waals surface area contributed by atoms with Crippen molar-refractivity contribution in [2.75, 3.05) is 13.7 Å². The van der Waals surface area contributed by atoms with Crippen LogP contribution < -0.4 is 10.0 Å². The van der Waals surface area contributed by atoms with Crippen LogP contribution in [0.2, 0.25) is 0 Å². The zero-order valence-electron chi connectivity index (χ0n) is 15.4. The molecule has 0 spiro atoms. The van der Waals surface area contributed by atoms with E-state index in [4.69, 9.17) is 4.74 Å². The first kappa shape index (κ1) is 22.4. The van der Waals surface area contributed by atoms with Crippen LogP contribution in [0.15, 0.2) is 23.1 Å². The molecule has 0 heterocycles. The summed E-state index contributed by atoms with van der Waals surface area (Å²) < 4.78 is 35.9. The van der Waals surface area contributed by atoms with Gasteiger partial charge in [0.05, 0.1) is 12.7 Å². The van der Waals surface area contributed by atoms with Crippen LogP contribution in [0.3, 0.4) is 0 Å². The maximum atomic E-state index is 12.2. The highest BCUT2D eigenvalue weighted by molar-refractivity contribution is 7.89. The summed E-state index contributed by atoms with van der Waals surface area (Å²) in [5.41, 5.74) is -0.800. The summed E-state index contributed by atoms with van der Waals surface area (Å²) in [5, 5.41) is 11.8. The third-order valence-corrected chi connectivity index (χ3v) is 4.46. The molecule has 0 atom stereocenters. The Bertz CT molecular complexity index is 827. The van der Waals surface area contributed by atoms with Gasteiger partial charge in [0.1, 0.15) is 16.2 Å². The summed E-state index contributed by atoms with van der Waals surface area (Å²) in [6, 6.07) is 3.16. The molecule has 1 rings (SSSR count). The number of phenols is 1. The number of amides is 2. The van der Waals surface area contributed by atoms with Crippen LogP contribution in [0.1, 0.15) is 37.6 Å². The van der Waals surface area contributed by atoms with Gasteiger partial charge in [-0.05, 0) is 39.0 Å². The average molecular weight is 402 g/mol. The Morgan fingerprint density at radius 3 is 2.33 bits per heavy atom. The molecule has 0 bridgehead atoms. The second-order valence-corrected chi connectivity index (χ2v) is 8.11. The highest BCUT2D eigenvalue weighted by Crippen LogP contribution is 2.24. The van der Waals surface area contributed by atoms with Crippen molar-refractivity contribution in [1.29, 1.82) is 0 Å². The monoisotopic (exact) mass is 402 g/mol. The molecule has 0 aromatic heterocycles. The van der Waals surface area contributed by atoms with Gasteiger partial charge in [0.2, 0.25) is 15.9 Å². The van der Waals surface area contributed by atoms with E-state index in [1.54, 1.807) is 20.8 Å². The number of hydrogen-bond acceptors (Lipinski definition) is 8. The lowest BCUT2D eigenvalue weighted by molar-refractivity contribution is -0.120. The number of nitrogens with one attached hydrogen (secondary N) is 2. The zero-order valence-corrected chi connectivity index (χ0v) is 16.2. The van der Waals surface area contributed by atoms with E-state index in [2.05, 4.69) is 9.46 Å². The van der Waals surface area contributed by atoms with E-state index in [9.17, 15) is 27.9 Å². The normalized spacial score (nSPS) is 11.6. The van der Waals surface area contributed by atoms with E-state index in [1.165, 1.54) is 6.07 Å². The van der Waals surface area contributed by atoms with Crippen LogP contribution in [-0.2, 0) is 24.3 Å². The number of rotatable bonds is 6. The maximum absolute atomic E-state index is 12.2. The van der Waals surface area contributed by atoms with Gasteiger partial charge in [-0.25, -0.2) is 22.7 Å². The summed E-state index contributed by atoms with van der Waals surface area (Å²) in [7, 11) is -2.99. The van der Waals surface area contributed by atoms with Gasteiger partial charge in [0, 0.05) is 13.0 Å². The zero-order chi connectivity index (χ0) is 20.8. The highest BCUT2D eigenvalue weighted by atomic mass is 32.2. The molecule has 0 aliphatic carbocycles. The topological polar surface area (TPSA) is 148 Å². The van der Waals surface area contributed by atoms with E-state index in [0.717, 1.165) is 19.2 Å². The predicted molar refractivity (Wildman–Crippen MR) is 93.6 cm³/mol. The lowest BCUT2D eigenvalue weighted by Crippen LogP contribution is -2.38. The number of carbonyl (C=O) groups excluding carboxylic acids is 3. The SMILES string of the molecule is COC(=O)c1ccc(S(=O)(=O)NCCC(=O)NC(=O)OC(C)(C)C)c(O)c1. The molecule has 1 aromatic carbocycles. The van der Waals surface area contributed by atoms with Gasteiger partial charge in [0.15, 0.2) is 0 Å². The summed E-state index contributed by atoms with van der Waals surface area (Å²) in [6.45, 7) is 4.56. The molecule has 150 valence electrons. The summed E-state index contributed by atoms with van der Waals surface area (Å²) in [4.78, 5) is 34.0. The first-order valence-corrected chi connectivity index (χ1v) is 9.28. The molecule has 2 amide bonds. The molecule has 11 heteroatoms. The number of esters is 1. The number of sulfonamides is 1. The van der Waals surface area contributed by atoms with Gasteiger partial charge in [-0.3, -0.25) is 10.1 Å². The van der Waals surface area contributed by atoms with Gasteiger partial charge < -0.3 is 14.6 Å². The van der Waals surface area contributed by atoms with E-state index in [-0.39, 0.29) is 18.5 Å². The van der Waals surface area contributed by atoms with E-state index >= 15 is 0 Å². The molecule has 0 saturated carbocycles. The minimum absolute atomic E-state index is 0.0225. The second kappa shape index (κ2) is 8.82. The molecule has 10 nitrogen and oxygen atoms in total. The Morgan fingerprint density at radius 2 is 1.81 bits per heavy atom. The van der Waals surface area contributed by atoms with Gasteiger partial charge in [-0.1, -0.05) is 0 Å². The van der Waals surface area contributed by atoms with E-state index in [0.29, 0.717) is 0 Å². The summed E-state index contributed by atoms with van der Waals surface area (Å²) >= 11 is 0. The molecular formula is C16H22N2O8S. The standard InChI is InChI=1S/C16H22N2O8S/c1-16(2,3)26-15(22)18-13(20)7-8-17-27(23,24)12-6-5-10(9-11(12)19)14(21)25-4/h5-6,9,17,19H,7-8H2,1-4H3,(H,18,20,22). The van der Waals surface area contributed by atoms with Crippen molar-refractivity contribution in [3.63, 3.8) is 0 Å². The Hall–Kier alpha value is -2.66. The Kier molecular flexibility index (Phi) is 7.31. The second-order valence-electron chi connectivity index (χ2n) is 6.37. The third-order valence-electron chi connectivity index (χ3n) is 2.95. The highest BCUT2D eigenvalue weighted by Gasteiger charge is 2.21. The van der Waals surface area contributed by atoms with Gasteiger partial charge in [-0.15, -0.1) is 0 Å². The Morgan fingerprint density at radius 1 is 1.19 bits per heavy atom. The van der Waals surface area contributed by atoms with Gasteiger partial charge >= 0.3 is 12.1 Å². The fourth-order valence-corrected chi connectivity index (χ4v) is 2.95. The minimum atomic E-state index is -4.14. The molecule has 0 fully saturated rings. The Balaban J connectivity index is 2.65. The lowest BCUT2D eigenvalue weighted by atomic mass is 10.2. The van der Waals surface area contributed by atoms with Gasteiger partial charge in [0.25, 0.3) is 0 Å². The number of methoxy groups -OCH3 is 1. The molecule has 0 aliphatic heterocycles. The molecular weight excluding hydrogens is 380 g/mol. The number of benzene rings is 1. The molecule has 0 aliphatic rings. The van der Waals surface area contributed by atoms with E-state index in [1.807, 2.05) is 5.32 Å². The molecule has 0 saturated heterocycles. The fraction of sp³-hybridized carbons (Fsp3) is 0.438. The van der Waals surface area contributed by atoms with Crippen molar-refractivity contribution in [3.8, 4) is 5.75 Å². The van der Waals surface area contributed by atoms with Crippen LogP contribution in [-0.4, -0.2) is 50.7 Å². The maximum Gasteiger partial charge on any atom is 0.414 e. The largest absolute Gasteiger partial charge is 0.507 e. The van der Waals surface area contributed by atoms with Crippen molar-refractivity contribution in [2.24, 2.45) is 0 Å². The van der Waals surface area contributed by atoms with Crippen LogP contribution in [0.5, 0.6) is 5.75 Å². The van der Waals surface area contributed by atoms with Crippen molar-refractivity contribution in [3.05, 3.63) is 23.8 Å². The number of phenolic OH excluding ortho intramolecular Hbond substituents is 1. The van der Waals surface area contributed by atoms with Gasteiger partial charge in [-0.2, -0.15) is 0 Å². The third kappa shape index (κ3) is 7.23. The van der Waals surface area contributed by atoms with Crippen LogP contribution in [0.25, 0.3) is 0 Å². The number of carbonyl (C=O) groups is 3. The fourth-order valence-electron chi connectivity index (χ4n) is 1.85. The molecule has 0 radical (unpaired) electrons. The first-order valence-electron chi connectivity index (χ1n) is 7.79. The van der Waals surface area contributed by atoms with Crippen molar-refractivity contribution >= 4 is 28.0 Å². The molecule has 3 N–H and O–H groups in total. The lowest BCUT2D eigenvalue weighted by Gasteiger charge is -2.19. The summed E-state index contributed by atoms with van der Waals surface area (Å²) in [5.74, 6) is -2.12. The Labute approximate surface area is 156 Å². The average Bonchev–Trinajstić information content (AvgIpc) is 2.51. The molecule has 0 unspecified atom stereocenters. The van der Waals surface area contributed by atoms with Crippen LogP contribution in [0, 0.1) is 0 Å². The first-order chi connectivity index (χ1) is 12.4. The molecule has 1 aromatic rings. The van der Waals surface area contributed by atoms with Crippen molar-refractivity contribution < 1.29 is 37.4 Å². The number of imide groups is 1. The van der Waals surface area contributed by atoms with Crippen LogP contribution in [0.4, 0.5) is 4.79 Å². The quantitative estimate of drug-likeness (QED) is 0.594. The number of hydrogen-bond donors (Lipinski definition) is 3. The van der Waals surface area contributed by atoms with Crippen LogP contribution >= 0.6 is 0 Å².